The summed E-state index contributed by atoms with van der Waals surface area (Å²) >= 11 is 6.11. The van der Waals surface area contributed by atoms with E-state index in [9.17, 15) is 9.18 Å². The molecule has 0 unspecified atom stereocenters. The van der Waals surface area contributed by atoms with Gasteiger partial charge in [0.1, 0.15) is 10.2 Å². The molecular formula is C12H9BrFNO2S2. The highest BCUT2D eigenvalue weighted by atomic mass is 79.9. The van der Waals surface area contributed by atoms with Gasteiger partial charge in [0.05, 0.1) is 12.1 Å². The lowest BCUT2D eigenvalue weighted by molar-refractivity contribution is -0.136. The number of carboxylic acids is 1. The molecule has 2 aromatic rings. The van der Waals surface area contributed by atoms with Gasteiger partial charge in [0.25, 0.3) is 0 Å². The van der Waals surface area contributed by atoms with Gasteiger partial charge in [-0.1, -0.05) is 27.7 Å². The van der Waals surface area contributed by atoms with Crippen molar-refractivity contribution < 1.29 is 14.3 Å². The molecule has 0 saturated heterocycles. The summed E-state index contributed by atoms with van der Waals surface area (Å²) in [5, 5.41) is 10.4. The molecule has 0 aliphatic rings. The highest BCUT2D eigenvalue weighted by Gasteiger charge is 2.07. The predicted octanol–water partition coefficient (Wildman–Crippen LogP) is 3.96. The molecule has 0 spiro atoms. The zero-order valence-electron chi connectivity index (χ0n) is 9.60. The van der Waals surface area contributed by atoms with Crippen LogP contribution < -0.4 is 0 Å². The number of thioether (sulfide) groups is 1. The largest absolute Gasteiger partial charge is 0.481 e. The maximum Gasteiger partial charge on any atom is 0.309 e. The first kappa shape index (κ1) is 14.5. The van der Waals surface area contributed by atoms with Gasteiger partial charge in [-0.05, 0) is 23.8 Å². The molecule has 100 valence electrons. The molecule has 1 N–H and O–H groups in total. The zero-order chi connectivity index (χ0) is 13.8. The number of carbonyl (C=O) groups is 1. The number of benzene rings is 1. The molecule has 7 heteroatoms. The molecule has 0 aliphatic carbocycles. The van der Waals surface area contributed by atoms with Crippen LogP contribution in [-0.4, -0.2) is 16.1 Å². The number of carboxylic acid groups (broad SMARTS) is 1. The van der Waals surface area contributed by atoms with Crippen LogP contribution in [0.25, 0.3) is 0 Å². The van der Waals surface area contributed by atoms with E-state index < -0.39 is 5.97 Å². The molecule has 0 aliphatic heterocycles. The van der Waals surface area contributed by atoms with Gasteiger partial charge in [-0.2, -0.15) is 0 Å². The number of nitrogens with zero attached hydrogens (tertiary/aromatic N) is 1. The fourth-order valence-electron chi connectivity index (χ4n) is 1.43. The van der Waals surface area contributed by atoms with Crippen molar-refractivity contribution in [2.24, 2.45) is 0 Å². The highest BCUT2D eigenvalue weighted by Crippen LogP contribution is 2.27. The van der Waals surface area contributed by atoms with Crippen molar-refractivity contribution in [2.75, 3.05) is 0 Å². The van der Waals surface area contributed by atoms with Crippen LogP contribution >= 0.6 is 39.0 Å². The summed E-state index contributed by atoms with van der Waals surface area (Å²) in [6, 6.07) is 4.73. The number of aromatic nitrogens is 1. The van der Waals surface area contributed by atoms with Crippen LogP contribution in [0.2, 0.25) is 0 Å². The van der Waals surface area contributed by atoms with Crippen molar-refractivity contribution >= 4 is 45.0 Å². The Labute approximate surface area is 126 Å². The molecule has 19 heavy (non-hydrogen) atoms. The summed E-state index contributed by atoms with van der Waals surface area (Å²) in [5.74, 6) is -0.581. The molecule has 0 fully saturated rings. The molecule has 2 rings (SSSR count). The summed E-state index contributed by atoms with van der Waals surface area (Å²) < 4.78 is 14.7. The Morgan fingerprint density at radius 2 is 2.26 bits per heavy atom. The molecule has 0 saturated carbocycles. The first-order valence-corrected chi connectivity index (χ1v) is 7.93. The average molecular weight is 362 g/mol. The van der Waals surface area contributed by atoms with Crippen LogP contribution in [-0.2, 0) is 17.0 Å². The Morgan fingerprint density at radius 1 is 1.47 bits per heavy atom. The van der Waals surface area contributed by atoms with E-state index in [1.54, 1.807) is 5.38 Å². The number of halogens is 2. The van der Waals surface area contributed by atoms with E-state index in [1.807, 2.05) is 6.07 Å². The van der Waals surface area contributed by atoms with Gasteiger partial charge in [0.2, 0.25) is 0 Å². The Kier molecular flexibility index (Phi) is 4.95. The summed E-state index contributed by atoms with van der Waals surface area (Å²) in [6.07, 6.45) is -0.0669. The van der Waals surface area contributed by atoms with E-state index in [-0.39, 0.29) is 12.2 Å². The lowest BCUT2D eigenvalue weighted by atomic mass is 10.2. The standard InChI is InChI=1S/C12H9BrFNO2S2/c13-8-1-7(2-9(14)3-8)5-18-12-15-10(6-19-12)4-11(16)17/h1-3,6H,4-5H2,(H,16,17). The molecule has 0 radical (unpaired) electrons. The van der Waals surface area contributed by atoms with Gasteiger partial charge in [-0.3, -0.25) is 4.79 Å². The molecular weight excluding hydrogens is 353 g/mol. The third-order valence-corrected chi connectivity index (χ3v) is 4.75. The van der Waals surface area contributed by atoms with E-state index in [0.29, 0.717) is 15.9 Å². The summed E-state index contributed by atoms with van der Waals surface area (Å²) in [7, 11) is 0. The second-order valence-electron chi connectivity index (χ2n) is 3.74. The first-order chi connectivity index (χ1) is 9.02. The lowest BCUT2D eigenvalue weighted by Crippen LogP contribution is -1.99. The van der Waals surface area contributed by atoms with Crippen molar-refractivity contribution in [3.63, 3.8) is 0 Å². The van der Waals surface area contributed by atoms with Crippen LogP contribution in [0, 0.1) is 5.82 Å². The highest BCUT2D eigenvalue weighted by molar-refractivity contribution is 9.10. The SMILES string of the molecule is O=C(O)Cc1csc(SCc2cc(F)cc(Br)c2)n1. The normalized spacial score (nSPS) is 10.6. The molecule has 3 nitrogen and oxygen atoms in total. The molecule has 1 aromatic heterocycles. The smallest absolute Gasteiger partial charge is 0.309 e. The van der Waals surface area contributed by atoms with E-state index in [0.717, 1.165) is 9.90 Å². The Hall–Kier alpha value is -0.920. The van der Waals surface area contributed by atoms with Crippen molar-refractivity contribution in [1.29, 1.82) is 0 Å². The zero-order valence-corrected chi connectivity index (χ0v) is 12.8. The minimum Gasteiger partial charge on any atom is -0.481 e. The fourth-order valence-corrected chi connectivity index (χ4v) is 3.72. The van der Waals surface area contributed by atoms with E-state index in [1.165, 1.54) is 35.2 Å². The van der Waals surface area contributed by atoms with Gasteiger partial charge >= 0.3 is 5.97 Å². The van der Waals surface area contributed by atoms with Crippen LogP contribution in [0.5, 0.6) is 0 Å². The van der Waals surface area contributed by atoms with Crippen LogP contribution in [0.4, 0.5) is 4.39 Å². The molecule has 0 atom stereocenters. The van der Waals surface area contributed by atoms with Crippen molar-refractivity contribution in [1.82, 2.24) is 4.98 Å². The average Bonchev–Trinajstić information content (AvgIpc) is 2.72. The molecule has 1 aromatic carbocycles. The number of hydrogen-bond donors (Lipinski definition) is 1. The van der Waals surface area contributed by atoms with Gasteiger partial charge in [-0.25, -0.2) is 9.37 Å². The monoisotopic (exact) mass is 361 g/mol. The summed E-state index contributed by atoms with van der Waals surface area (Å²) in [4.78, 5) is 14.7. The van der Waals surface area contributed by atoms with Gasteiger partial charge in [-0.15, -0.1) is 11.3 Å². The molecule has 1 heterocycles. The third kappa shape index (κ3) is 4.59. The first-order valence-electron chi connectivity index (χ1n) is 5.27. The predicted molar refractivity (Wildman–Crippen MR) is 77.1 cm³/mol. The van der Waals surface area contributed by atoms with E-state index in [2.05, 4.69) is 20.9 Å². The quantitative estimate of drug-likeness (QED) is 0.818. The topological polar surface area (TPSA) is 50.2 Å². The van der Waals surface area contributed by atoms with Gasteiger partial charge in [0, 0.05) is 15.6 Å². The Bertz CT molecular complexity index is 583. The van der Waals surface area contributed by atoms with E-state index >= 15 is 0 Å². The van der Waals surface area contributed by atoms with Gasteiger partial charge < -0.3 is 5.11 Å². The van der Waals surface area contributed by atoms with Crippen LogP contribution in [0.1, 0.15) is 11.3 Å². The van der Waals surface area contributed by atoms with Gasteiger partial charge in [0.15, 0.2) is 0 Å². The minimum atomic E-state index is -0.893. The lowest BCUT2D eigenvalue weighted by Gasteiger charge is -2.00. The maximum absolute atomic E-state index is 13.2. The number of thiazole rings is 1. The summed E-state index contributed by atoms with van der Waals surface area (Å²) in [6.45, 7) is 0. The summed E-state index contributed by atoms with van der Waals surface area (Å²) in [5.41, 5.74) is 1.41. The molecule has 0 amide bonds. The fraction of sp³-hybridized carbons (Fsp3) is 0.167. The van der Waals surface area contributed by atoms with Crippen molar-refractivity contribution in [3.8, 4) is 0 Å². The van der Waals surface area contributed by atoms with Crippen molar-refractivity contribution in [3.05, 3.63) is 45.1 Å². The molecule has 0 bridgehead atoms. The maximum atomic E-state index is 13.2. The Morgan fingerprint density at radius 3 is 2.95 bits per heavy atom. The Balaban J connectivity index is 1.98. The minimum absolute atomic E-state index is 0.0669. The second-order valence-corrected chi connectivity index (χ2v) is 6.74. The number of hydrogen-bond acceptors (Lipinski definition) is 4. The number of rotatable bonds is 5. The van der Waals surface area contributed by atoms with Crippen LogP contribution in [0.3, 0.4) is 0 Å². The van der Waals surface area contributed by atoms with Crippen LogP contribution in [0.15, 0.2) is 32.4 Å². The second kappa shape index (κ2) is 6.49. The van der Waals surface area contributed by atoms with Crippen molar-refractivity contribution in [2.45, 2.75) is 16.5 Å². The third-order valence-electron chi connectivity index (χ3n) is 2.15. The van der Waals surface area contributed by atoms with E-state index in [4.69, 9.17) is 5.11 Å². The number of aliphatic carboxylic acids is 1.